The second kappa shape index (κ2) is 9.51. The Morgan fingerprint density at radius 1 is 1.26 bits per heavy atom. The number of para-hydroxylation sites is 1. The van der Waals surface area contributed by atoms with Crippen LogP contribution in [0.2, 0.25) is 10.0 Å². The number of aliphatic hydroxyl groups is 1. The van der Waals surface area contributed by atoms with Crippen molar-refractivity contribution in [1.29, 1.82) is 0 Å². The Morgan fingerprint density at radius 3 is 2.71 bits per heavy atom. The Bertz CT molecular complexity index is 1070. The molecule has 11 heteroatoms. The minimum atomic E-state index is -0.480. The van der Waals surface area contributed by atoms with Crippen molar-refractivity contribution in [3.8, 4) is 5.88 Å². The average Bonchev–Trinajstić information content (AvgIpc) is 3.15. The maximum Gasteiger partial charge on any atom is 0.262 e. The summed E-state index contributed by atoms with van der Waals surface area (Å²) < 4.78 is 7.54. The highest BCUT2D eigenvalue weighted by Crippen LogP contribution is 2.32. The molecule has 1 saturated carbocycles. The molecule has 0 saturated heterocycles. The van der Waals surface area contributed by atoms with E-state index < -0.39 is 5.91 Å². The van der Waals surface area contributed by atoms with Crippen LogP contribution in [0.1, 0.15) is 29.6 Å². The molecular weight excluding hydrogens is 443 g/mol. The maximum atomic E-state index is 12.9. The molecule has 0 radical (unpaired) electrons. The molecule has 1 amide bonds. The number of carbonyl (C=O) groups is 1. The second-order valence-corrected chi connectivity index (χ2v) is 7.79. The Kier molecular flexibility index (Phi) is 6.55. The van der Waals surface area contributed by atoms with Crippen LogP contribution in [0.5, 0.6) is 5.88 Å². The largest absolute Gasteiger partial charge is 0.474 e. The van der Waals surface area contributed by atoms with Crippen LogP contribution in [0.4, 0.5) is 17.3 Å². The van der Waals surface area contributed by atoms with Gasteiger partial charge in [0.1, 0.15) is 11.7 Å². The zero-order valence-electron chi connectivity index (χ0n) is 16.4. The standard InChI is InChI=1S/C20H20Cl2N6O3/c21-15-5-2-6-16(22)17(15)26-18(30)14-10-23-20(27-19(14)31-13-3-1-4-13)25-12-9-24-28(11-12)7-8-29/h2,5-6,9-11,13,29H,1,3-4,7-8H2,(H,26,30)(H,23,25,27). The van der Waals surface area contributed by atoms with Crippen LogP contribution in [0.15, 0.2) is 36.8 Å². The zero-order chi connectivity index (χ0) is 21.8. The lowest BCUT2D eigenvalue weighted by atomic mass is 9.96. The van der Waals surface area contributed by atoms with Crippen molar-refractivity contribution in [2.75, 3.05) is 17.2 Å². The highest BCUT2D eigenvalue weighted by molar-refractivity contribution is 6.40. The minimum absolute atomic E-state index is 0.00510. The monoisotopic (exact) mass is 462 g/mol. The fourth-order valence-electron chi connectivity index (χ4n) is 2.90. The summed E-state index contributed by atoms with van der Waals surface area (Å²) in [6.45, 7) is 0.360. The molecule has 9 nitrogen and oxygen atoms in total. The number of aromatic nitrogens is 4. The fraction of sp³-hybridized carbons (Fsp3) is 0.300. The van der Waals surface area contributed by atoms with E-state index in [-0.39, 0.29) is 30.1 Å². The van der Waals surface area contributed by atoms with E-state index in [1.54, 1.807) is 35.3 Å². The predicted octanol–water partition coefficient (Wildman–Crippen LogP) is 3.90. The van der Waals surface area contributed by atoms with E-state index in [1.807, 2.05) is 0 Å². The zero-order valence-corrected chi connectivity index (χ0v) is 17.9. The van der Waals surface area contributed by atoms with Gasteiger partial charge in [-0.2, -0.15) is 10.1 Å². The lowest BCUT2D eigenvalue weighted by Crippen LogP contribution is -2.27. The van der Waals surface area contributed by atoms with Gasteiger partial charge in [0, 0.05) is 12.4 Å². The van der Waals surface area contributed by atoms with E-state index in [9.17, 15) is 4.79 Å². The summed E-state index contributed by atoms with van der Waals surface area (Å²) in [6.07, 6.45) is 7.57. The Labute approximate surface area is 188 Å². The third-order valence-corrected chi connectivity index (χ3v) is 5.38. The molecule has 4 rings (SSSR count). The number of ether oxygens (including phenoxy) is 1. The average molecular weight is 463 g/mol. The lowest BCUT2D eigenvalue weighted by Gasteiger charge is -2.26. The summed E-state index contributed by atoms with van der Waals surface area (Å²) in [5.74, 6) is -0.0533. The molecule has 1 aliphatic carbocycles. The topological polar surface area (TPSA) is 114 Å². The molecule has 0 aliphatic heterocycles. The number of benzene rings is 1. The predicted molar refractivity (Wildman–Crippen MR) is 117 cm³/mol. The number of anilines is 3. The first-order valence-corrected chi connectivity index (χ1v) is 10.5. The van der Waals surface area contributed by atoms with Crippen LogP contribution >= 0.6 is 23.2 Å². The van der Waals surface area contributed by atoms with Gasteiger partial charge in [0.2, 0.25) is 11.8 Å². The van der Waals surface area contributed by atoms with Crippen molar-refractivity contribution in [1.82, 2.24) is 19.7 Å². The quantitative estimate of drug-likeness (QED) is 0.464. The van der Waals surface area contributed by atoms with Crippen molar-refractivity contribution >= 4 is 46.4 Å². The van der Waals surface area contributed by atoms with Crippen LogP contribution in [0, 0.1) is 0 Å². The van der Waals surface area contributed by atoms with Crippen molar-refractivity contribution < 1.29 is 14.6 Å². The summed E-state index contributed by atoms with van der Waals surface area (Å²) in [6, 6.07) is 4.96. The first kappa shape index (κ1) is 21.4. The SMILES string of the molecule is O=C(Nc1c(Cl)cccc1Cl)c1cnc(Nc2cnn(CCO)c2)nc1OC1CCC1. The Balaban J connectivity index is 1.58. The highest BCUT2D eigenvalue weighted by atomic mass is 35.5. The van der Waals surface area contributed by atoms with Gasteiger partial charge < -0.3 is 20.5 Å². The Morgan fingerprint density at radius 2 is 2.03 bits per heavy atom. The molecular formula is C20H20Cl2N6O3. The van der Waals surface area contributed by atoms with Gasteiger partial charge in [0.25, 0.3) is 5.91 Å². The molecule has 3 N–H and O–H groups in total. The fourth-order valence-corrected chi connectivity index (χ4v) is 3.39. The third-order valence-electron chi connectivity index (χ3n) is 4.75. The van der Waals surface area contributed by atoms with Gasteiger partial charge in [-0.1, -0.05) is 29.3 Å². The minimum Gasteiger partial charge on any atom is -0.474 e. The van der Waals surface area contributed by atoms with Gasteiger partial charge in [-0.05, 0) is 31.4 Å². The van der Waals surface area contributed by atoms with Gasteiger partial charge in [-0.15, -0.1) is 0 Å². The molecule has 0 atom stereocenters. The normalized spacial score (nSPS) is 13.5. The van der Waals surface area contributed by atoms with E-state index in [2.05, 4.69) is 25.7 Å². The van der Waals surface area contributed by atoms with Crippen molar-refractivity contribution in [2.45, 2.75) is 31.9 Å². The van der Waals surface area contributed by atoms with Crippen LogP contribution in [-0.2, 0) is 6.54 Å². The van der Waals surface area contributed by atoms with E-state index in [4.69, 9.17) is 33.0 Å². The number of amides is 1. The number of aliphatic hydroxyl groups excluding tert-OH is 1. The molecule has 1 aromatic carbocycles. The first-order chi connectivity index (χ1) is 15.0. The van der Waals surface area contributed by atoms with Gasteiger partial charge in [0.15, 0.2) is 0 Å². The molecule has 162 valence electrons. The highest BCUT2D eigenvalue weighted by Gasteiger charge is 2.25. The molecule has 31 heavy (non-hydrogen) atoms. The summed E-state index contributed by atoms with van der Waals surface area (Å²) in [4.78, 5) is 21.6. The van der Waals surface area contributed by atoms with Crippen LogP contribution in [0.3, 0.4) is 0 Å². The number of hydrogen-bond acceptors (Lipinski definition) is 7. The maximum absolute atomic E-state index is 12.9. The first-order valence-electron chi connectivity index (χ1n) is 9.73. The summed E-state index contributed by atoms with van der Waals surface area (Å²) in [7, 11) is 0. The Hall–Kier alpha value is -2.88. The molecule has 0 spiro atoms. The molecule has 2 heterocycles. The third kappa shape index (κ3) is 5.07. The van der Waals surface area contributed by atoms with Gasteiger partial charge in [0.05, 0.1) is 40.8 Å². The smallest absolute Gasteiger partial charge is 0.262 e. The van der Waals surface area contributed by atoms with Crippen molar-refractivity contribution in [3.05, 3.63) is 52.4 Å². The number of carbonyl (C=O) groups excluding carboxylic acids is 1. The molecule has 1 fully saturated rings. The van der Waals surface area contributed by atoms with Crippen LogP contribution in [0.25, 0.3) is 0 Å². The lowest BCUT2D eigenvalue weighted by molar-refractivity contribution is 0.0979. The van der Waals surface area contributed by atoms with Crippen LogP contribution in [-0.4, -0.2) is 43.5 Å². The van der Waals surface area contributed by atoms with Crippen molar-refractivity contribution in [2.24, 2.45) is 0 Å². The molecule has 0 bridgehead atoms. The molecule has 1 aliphatic rings. The summed E-state index contributed by atoms with van der Waals surface area (Å²) in [5.41, 5.74) is 1.12. The van der Waals surface area contributed by atoms with Crippen LogP contribution < -0.4 is 15.4 Å². The number of nitrogens with zero attached hydrogens (tertiary/aromatic N) is 4. The van der Waals surface area contributed by atoms with E-state index in [0.29, 0.717) is 28.0 Å². The molecule has 0 unspecified atom stereocenters. The van der Waals surface area contributed by atoms with Gasteiger partial charge >= 0.3 is 0 Å². The number of nitrogens with one attached hydrogen (secondary N) is 2. The number of halogens is 2. The molecule has 3 aromatic rings. The van der Waals surface area contributed by atoms with Gasteiger partial charge in [-0.3, -0.25) is 9.48 Å². The molecule has 2 aromatic heterocycles. The van der Waals surface area contributed by atoms with Crippen molar-refractivity contribution in [3.63, 3.8) is 0 Å². The summed E-state index contributed by atoms with van der Waals surface area (Å²) >= 11 is 12.3. The summed E-state index contributed by atoms with van der Waals surface area (Å²) in [5, 5.41) is 19.5. The number of rotatable bonds is 8. The van der Waals surface area contributed by atoms with Gasteiger partial charge in [-0.25, -0.2) is 4.98 Å². The van der Waals surface area contributed by atoms with E-state index >= 15 is 0 Å². The van der Waals surface area contributed by atoms with E-state index in [1.165, 1.54) is 6.20 Å². The number of hydrogen-bond donors (Lipinski definition) is 3. The second-order valence-electron chi connectivity index (χ2n) is 6.97. The van der Waals surface area contributed by atoms with E-state index in [0.717, 1.165) is 19.3 Å².